The average Bonchev–Trinajstić information content (AvgIpc) is 3.53. The highest BCUT2D eigenvalue weighted by Crippen LogP contribution is 2.33. The van der Waals surface area contributed by atoms with Crippen LogP contribution in [-0.4, -0.2) is 47.9 Å². The summed E-state index contributed by atoms with van der Waals surface area (Å²) in [6, 6.07) is 26.8. The summed E-state index contributed by atoms with van der Waals surface area (Å²) < 4.78 is 37.4. The quantitative estimate of drug-likeness (QED) is 0.192. The van der Waals surface area contributed by atoms with Gasteiger partial charge in [-0.05, 0) is 73.5 Å². The summed E-state index contributed by atoms with van der Waals surface area (Å²) >= 11 is 6.01. The Labute approximate surface area is 254 Å². The van der Waals surface area contributed by atoms with Crippen LogP contribution in [0.1, 0.15) is 22.8 Å². The van der Waals surface area contributed by atoms with Crippen LogP contribution in [0.15, 0.2) is 84.9 Å². The van der Waals surface area contributed by atoms with Crippen LogP contribution in [0.25, 0.3) is 44.2 Å². The number of halogens is 1. The second kappa shape index (κ2) is 11.8. The lowest BCUT2D eigenvalue weighted by Gasteiger charge is -2.10. The third kappa shape index (κ3) is 5.76. The van der Waals surface area contributed by atoms with Crippen LogP contribution in [0, 0.1) is 0 Å². The van der Waals surface area contributed by atoms with E-state index < -0.39 is 15.9 Å². The minimum absolute atomic E-state index is 0.211. The van der Waals surface area contributed by atoms with Gasteiger partial charge in [0.15, 0.2) is 0 Å². The Hall–Kier alpha value is -4.18. The van der Waals surface area contributed by atoms with E-state index in [1.165, 1.54) is 10.9 Å². The van der Waals surface area contributed by atoms with Crippen LogP contribution in [0.3, 0.4) is 0 Å². The molecule has 0 atom stereocenters. The van der Waals surface area contributed by atoms with Gasteiger partial charge in [-0.25, -0.2) is 18.1 Å². The fraction of sp³-hybridized carbons (Fsp3) is 0.212. The number of nitrogens with one attached hydrogen (secondary N) is 1. The molecular formula is C33H31ClN4O4S. The van der Waals surface area contributed by atoms with E-state index in [9.17, 15) is 13.2 Å². The van der Waals surface area contributed by atoms with Crippen molar-refractivity contribution in [3.63, 3.8) is 0 Å². The first-order valence-corrected chi connectivity index (χ1v) is 16.1. The number of aryl methyl sites for hydroxylation is 2. The number of ether oxygens (including phenoxy) is 1. The summed E-state index contributed by atoms with van der Waals surface area (Å²) in [5.41, 5.74) is 5.68. The number of benzene rings is 4. The van der Waals surface area contributed by atoms with Crippen LogP contribution >= 0.6 is 11.6 Å². The van der Waals surface area contributed by atoms with E-state index in [4.69, 9.17) is 21.3 Å². The number of nitrogens with zero attached hydrogens (tertiary/aromatic N) is 3. The van der Waals surface area contributed by atoms with Gasteiger partial charge in [0, 0.05) is 58.2 Å². The zero-order chi connectivity index (χ0) is 30.1. The summed E-state index contributed by atoms with van der Waals surface area (Å²) in [4.78, 5) is 18.0. The molecule has 0 saturated heterocycles. The Morgan fingerprint density at radius 2 is 1.70 bits per heavy atom. The summed E-state index contributed by atoms with van der Waals surface area (Å²) in [7, 11) is -2.22. The van der Waals surface area contributed by atoms with Crippen LogP contribution < -0.4 is 4.72 Å². The number of sulfonamides is 1. The van der Waals surface area contributed by atoms with Crippen molar-refractivity contribution in [3.8, 4) is 11.4 Å². The maximum Gasteiger partial charge on any atom is 0.264 e. The van der Waals surface area contributed by atoms with Crippen molar-refractivity contribution in [2.75, 3.05) is 19.5 Å². The number of aromatic nitrogens is 3. The predicted octanol–water partition coefficient (Wildman–Crippen LogP) is 6.43. The molecule has 0 radical (unpaired) electrons. The van der Waals surface area contributed by atoms with Gasteiger partial charge >= 0.3 is 0 Å². The summed E-state index contributed by atoms with van der Waals surface area (Å²) in [5.74, 6) is -0.197. The van der Waals surface area contributed by atoms with E-state index in [-0.39, 0.29) is 17.7 Å². The molecule has 220 valence electrons. The molecule has 0 aliphatic carbocycles. The molecule has 0 spiro atoms. The number of amides is 1. The second-order valence-corrected chi connectivity index (χ2v) is 12.7. The molecule has 0 unspecified atom stereocenters. The van der Waals surface area contributed by atoms with Crippen molar-refractivity contribution in [2.45, 2.75) is 26.4 Å². The fourth-order valence-electron chi connectivity index (χ4n) is 5.63. The standard InChI is InChI=1S/C33H31ClN4O4S/c1-3-37-29-10-5-4-9-26(29)27-20-23(11-13-30(27)37)32-35-28-21-24(12-14-31(28)38(32)16-17-42-2)33(39)36-43(40,41)18-15-22-7-6-8-25(34)19-22/h4-14,19-21H,3,15-18H2,1-2H3,(H,36,39). The Balaban J connectivity index is 1.33. The molecule has 2 heterocycles. The number of carbonyl (C=O) groups excluding carboxylic acids is 1. The smallest absolute Gasteiger partial charge is 0.264 e. The minimum Gasteiger partial charge on any atom is -0.383 e. The number of rotatable bonds is 10. The van der Waals surface area contributed by atoms with Crippen LogP contribution in [-0.2, 0) is 34.3 Å². The molecule has 43 heavy (non-hydrogen) atoms. The zero-order valence-electron chi connectivity index (χ0n) is 23.9. The second-order valence-electron chi connectivity index (χ2n) is 10.4. The number of imidazole rings is 1. The van der Waals surface area contributed by atoms with Gasteiger partial charge in [-0.2, -0.15) is 0 Å². The Bertz CT molecular complexity index is 2100. The molecule has 1 amide bonds. The van der Waals surface area contributed by atoms with Crippen molar-refractivity contribution in [1.29, 1.82) is 0 Å². The highest BCUT2D eigenvalue weighted by atomic mass is 35.5. The number of fused-ring (bicyclic) bond motifs is 4. The molecule has 0 fully saturated rings. The lowest BCUT2D eigenvalue weighted by molar-refractivity contribution is 0.0981. The normalized spacial score (nSPS) is 12.0. The molecule has 0 aliphatic heterocycles. The van der Waals surface area contributed by atoms with Crippen LogP contribution in [0.5, 0.6) is 0 Å². The van der Waals surface area contributed by atoms with Crippen LogP contribution in [0.2, 0.25) is 5.02 Å². The van der Waals surface area contributed by atoms with E-state index >= 15 is 0 Å². The Morgan fingerprint density at radius 3 is 2.49 bits per heavy atom. The number of methoxy groups -OCH3 is 1. The first-order chi connectivity index (χ1) is 20.8. The highest BCUT2D eigenvalue weighted by molar-refractivity contribution is 7.90. The monoisotopic (exact) mass is 614 g/mol. The maximum absolute atomic E-state index is 13.0. The lowest BCUT2D eigenvalue weighted by atomic mass is 10.1. The van der Waals surface area contributed by atoms with Gasteiger partial charge in [-0.15, -0.1) is 0 Å². The zero-order valence-corrected chi connectivity index (χ0v) is 25.5. The van der Waals surface area contributed by atoms with Crippen molar-refractivity contribution in [2.24, 2.45) is 0 Å². The molecule has 2 aromatic heterocycles. The number of hydrogen-bond acceptors (Lipinski definition) is 5. The predicted molar refractivity (Wildman–Crippen MR) is 172 cm³/mol. The van der Waals surface area contributed by atoms with Crippen molar-refractivity contribution in [1.82, 2.24) is 18.8 Å². The molecule has 4 aromatic carbocycles. The van der Waals surface area contributed by atoms with E-state index in [0.717, 1.165) is 39.9 Å². The lowest BCUT2D eigenvalue weighted by Crippen LogP contribution is -2.33. The van der Waals surface area contributed by atoms with E-state index in [0.29, 0.717) is 23.7 Å². The first kappa shape index (κ1) is 28.9. The molecule has 0 aliphatic rings. The number of para-hydroxylation sites is 1. The van der Waals surface area contributed by atoms with Gasteiger partial charge in [-0.3, -0.25) is 4.79 Å². The van der Waals surface area contributed by atoms with Gasteiger partial charge in [0.05, 0.1) is 23.4 Å². The third-order valence-electron chi connectivity index (χ3n) is 7.67. The van der Waals surface area contributed by atoms with E-state index in [1.807, 2.05) is 6.07 Å². The molecule has 1 N–H and O–H groups in total. The van der Waals surface area contributed by atoms with Gasteiger partial charge in [0.1, 0.15) is 5.82 Å². The molecule has 0 saturated carbocycles. The SMILES string of the molecule is CCn1c2ccccc2c2cc(-c3nc4cc(C(=O)NS(=O)(=O)CCc5cccc(Cl)c5)ccc4n3CCOC)ccc21. The average molecular weight is 615 g/mol. The van der Waals surface area contributed by atoms with Crippen molar-refractivity contribution >= 4 is 60.4 Å². The molecule has 6 rings (SSSR count). The van der Waals surface area contributed by atoms with Gasteiger partial charge < -0.3 is 13.9 Å². The molecule has 6 aromatic rings. The Kier molecular flexibility index (Phi) is 7.96. The molecular weight excluding hydrogens is 584 g/mol. The van der Waals surface area contributed by atoms with E-state index in [2.05, 4.69) is 57.2 Å². The summed E-state index contributed by atoms with van der Waals surface area (Å²) in [5, 5.41) is 2.85. The number of carbonyl (C=O) groups is 1. The van der Waals surface area contributed by atoms with Gasteiger partial charge in [-0.1, -0.05) is 41.9 Å². The van der Waals surface area contributed by atoms with Crippen molar-refractivity contribution < 1.29 is 17.9 Å². The van der Waals surface area contributed by atoms with Gasteiger partial charge in [0.2, 0.25) is 10.0 Å². The number of hydrogen-bond donors (Lipinski definition) is 1. The fourth-order valence-corrected chi connectivity index (χ4v) is 6.85. The van der Waals surface area contributed by atoms with Crippen LogP contribution in [0.4, 0.5) is 0 Å². The van der Waals surface area contributed by atoms with Crippen molar-refractivity contribution in [3.05, 3.63) is 101 Å². The largest absolute Gasteiger partial charge is 0.383 e. The molecule has 10 heteroatoms. The summed E-state index contributed by atoms with van der Waals surface area (Å²) in [6.45, 7) is 4.03. The Morgan fingerprint density at radius 1 is 0.907 bits per heavy atom. The minimum atomic E-state index is -3.88. The topological polar surface area (TPSA) is 95.2 Å². The summed E-state index contributed by atoms with van der Waals surface area (Å²) in [6.07, 6.45) is 0.233. The third-order valence-corrected chi connectivity index (χ3v) is 9.15. The molecule has 8 nitrogen and oxygen atoms in total. The maximum atomic E-state index is 13.0. The molecule has 0 bridgehead atoms. The highest BCUT2D eigenvalue weighted by Gasteiger charge is 2.20. The first-order valence-electron chi connectivity index (χ1n) is 14.1. The van der Waals surface area contributed by atoms with Gasteiger partial charge in [0.25, 0.3) is 5.91 Å². The van der Waals surface area contributed by atoms with E-state index in [1.54, 1.807) is 49.6 Å².